The van der Waals surface area contributed by atoms with E-state index in [4.69, 9.17) is 18.1 Å². The molecule has 0 fully saturated rings. The molecule has 0 amide bonds. The van der Waals surface area contributed by atoms with E-state index in [1.54, 1.807) is 0 Å². The molecule has 9 heteroatoms. The molecule has 2 aliphatic rings. The molecule has 18 rings (SSSR count). The molecule has 0 bridgehead atoms. The summed E-state index contributed by atoms with van der Waals surface area (Å²) in [4.78, 5) is 3.13. The Morgan fingerprint density at radius 3 is 0.629 bits per heavy atom. The molecule has 2 heterocycles. The van der Waals surface area contributed by atoms with Gasteiger partial charge in [-0.05, 0) is 133 Å². The van der Waals surface area contributed by atoms with Gasteiger partial charge in [0.1, 0.15) is 23.0 Å². The molecule has 16 aromatic rings. The normalized spacial score (nSPS) is 13.8. The van der Waals surface area contributed by atoms with E-state index in [1.807, 2.05) is 121 Å². The number of hydrogen-bond donors (Lipinski definition) is 1. The van der Waals surface area contributed by atoms with Crippen molar-refractivity contribution in [2.45, 2.75) is 0 Å². The lowest BCUT2D eigenvalue weighted by atomic mass is 9.85. The zero-order valence-electron chi connectivity index (χ0n) is 47.6. The summed E-state index contributed by atoms with van der Waals surface area (Å²) in [6.45, 7) is 0. The third-order valence-electron chi connectivity index (χ3n) is 17.9. The van der Waals surface area contributed by atoms with Gasteiger partial charge in [-0.15, -0.1) is 0 Å². The summed E-state index contributed by atoms with van der Waals surface area (Å²) in [5, 5.41) is 14.9. The highest BCUT2D eigenvalue weighted by molar-refractivity contribution is 7.68. The molecule has 0 unspecified atom stereocenters. The summed E-state index contributed by atoms with van der Waals surface area (Å²) in [7, 11) is -10.4. The van der Waals surface area contributed by atoms with Crippen LogP contribution in [0.15, 0.2) is 291 Å². The highest BCUT2D eigenvalue weighted by atomic mass is 31.3. The molecule has 2 aliphatic heterocycles. The summed E-state index contributed by atoms with van der Waals surface area (Å²) in [6, 6.07) is 98.8. The Hall–Kier alpha value is -10.8. The minimum absolute atomic E-state index is 0.266. The SMILES string of the molecule is O=P1(NP2(=O)Oc3c(-c4cccc5ccccc45)cc4ccccc4c3-c3c(c(-c4cccc5ccccc45)cc4ccccc34)O2)Oc2c(-c3cccc4ccccc34)cc3ccccc3c2-c2c(c(-c3cccc4ccccc34)cc3ccccc23)O1. The van der Waals surface area contributed by atoms with Gasteiger partial charge in [0.05, 0.1) is 0 Å². The Bertz CT molecular complexity index is 5110. The maximum Gasteiger partial charge on any atom is 0.524 e. The van der Waals surface area contributed by atoms with E-state index in [-0.39, 0.29) is 23.0 Å². The van der Waals surface area contributed by atoms with Crippen molar-refractivity contribution in [3.8, 4) is 89.8 Å². The van der Waals surface area contributed by atoms with Gasteiger partial charge in [0.25, 0.3) is 0 Å². The van der Waals surface area contributed by atoms with E-state index in [0.29, 0.717) is 44.5 Å². The molecule has 0 saturated heterocycles. The van der Waals surface area contributed by atoms with Crippen LogP contribution in [0.3, 0.4) is 0 Å². The van der Waals surface area contributed by atoms with Crippen LogP contribution in [0.5, 0.6) is 23.0 Å². The van der Waals surface area contributed by atoms with E-state index in [0.717, 1.165) is 108 Å². The fourth-order valence-corrected chi connectivity index (χ4v) is 17.7. The molecule has 16 aromatic carbocycles. The molecule has 0 atom stereocenters. The number of nitrogens with one attached hydrogen (secondary N) is 1. The quantitative estimate of drug-likeness (QED) is 0.166. The third kappa shape index (κ3) is 8.17. The maximum atomic E-state index is 17.8. The first-order valence-electron chi connectivity index (χ1n) is 29.8. The zero-order valence-corrected chi connectivity index (χ0v) is 49.3. The van der Waals surface area contributed by atoms with E-state index >= 15 is 9.13 Å². The first-order chi connectivity index (χ1) is 43.8. The second-order valence-electron chi connectivity index (χ2n) is 23.0. The largest absolute Gasteiger partial charge is 0.524 e. The van der Waals surface area contributed by atoms with Gasteiger partial charge in [-0.25, -0.2) is 9.13 Å². The van der Waals surface area contributed by atoms with E-state index < -0.39 is 15.5 Å². The lowest BCUT2D eigenvalue weighted by molar-refractivity contribution is 0.359. The molecule has 7 nitrogen and oxygen atoms in total. The molecular formula is C80H49NO6P2. The minimum Gasteiger partial charge on any atom is -0.403 e. The zero-order chi connectivity index (χ0) is 59.0. The van der Waals surface area contributed by atoms with Gasteiger partial charge < -0.3 is 18.1 Å². The van der Waals surface area contributed by atoms with E-state index in [2.05, 4.69) is 175 Å². The highest BCUT2D eigenvalue weighted by Gasteiger charge is 2.50. The van der Waals surface area contributed by atoms with Crippen molar-refractivity contribution < 1.29 is 27.2 Å². The topological polar surface area (TPSA) is 83.1 Å². The lowest BCUT2D eigenvalue weighted by Gasteiger charge is -2.26. The Balaban J connectivity index is 0.965. The standard InChI is InChI=1S/C80H49NO6P2/c82-88(84-77-69(65-41-17-29-49-21-1-9-33-57(49)65)45-53-25-5-13-37-61(53)73(77)74-62-38-14-6-26-54(62)46-70(78(74)85-88)66-42-18-30-50-22-2-10-34-58(50)66)81-89(83)86-79-71(67-43-19-31-51-23-3-11-35-59(51)67)47-55-27-7-15-39-63(55)75(79)76-64-40-16-8-28-56(64)48-72(80(76)87-89)68-44-20-32-52-24-4-12-36-60(52)68/h1-48H,(H,81,82,83). The van der Waals surface area contributed by atoms with Gasteiger partial charge >= 0.3 is 15.5 Å². The van der Waals surface area contributed by atoms with E-state index in [9.17, 15) is 0 Å². The second-order valence-corrected chi connectivity index (χ2v) is 26.5. The van der Waals surface area contributed by atoms with Crippen molar-refractivity contribution in [2.75, 3.05) is 0 Å². The summed E-state index contributed by atoms with van der Waals surface area (Å²) < 4.78 is 65.3. The first kappa shape index (κ1) is 51.4. The third-order valence-corrected chi connectivity index (χ3v) is 21.6. The fourth-order valence-electron chi connectivity index (χ4n) is 14.1. The number of rotatable bonds is 6. The van der Waals surface area contributed by atoms with Crippen molar-refractivity contribution >= 4 is 102 Å². The average molecular weight is 1180 g/mol. The number of hydrogen-bond acceptors (Lipinski definition) is 6. The number of benzene rings is 16. The molecular weight excluding hydrogens is 1130 g/mol. The van der Waals surface area contributed by atoms with Crippen LogP contribution in [0.25, 0.3) is 153 Å². The summed E-state index contributed by atoms with van der Waals surface area (Å²) in [5.41, 5.74) is 8.59. The van der Waals surface area contributed by atoms with Crippen LogP contribution in [0.1, 0.15) is 0 Å². The Labute approximate surface area is 511 Å². The predicted molar refractivity (Wildman–Crippen MR) is 366 cm³/mol. The van der Waals surface area contributed by atoms with Gasteiger partial charge in [0.2, 0.25) is 0 Å². The van der Waals surface area contributed by atoms with Crippen molar-refractivity contribution in [3.05, 3.63) is 291 Å². The molecule has 0 saturated carbocycles. The van der Waals surface area contributed by atoms with Crippen molar-refractivity contribution in [3.63, 3.8) is 0 Å². The first-order valence-corrected chi connectivity index (χ1v) is 32.8. The Morgan fingerprint density at radius 1 is 0.202 bits per heavy atom. The van der Waals surface area contributed by atoms with Crippen LogP contribution in [-0.4, -0.2) is 0 Å². The summed E-state index contributed by atoms with van der Waals surface area (Å²) >= 11 is 0. The average Bonchev–Trinajstić information content (AvgIpc) is 1.61. The van der Waals surface area contributed by atoms with Gasteiger partial charge in [-0.1, -0.05) is 272 Å². The molecule has 0 aliphatic carbocycles. The minimum atomic E-state index is -5.18. The lowest BCUT2D eigenvalue weighted by Crippen LogP contribution is -2.21. The van der Waals surface area contributed by atoms with Crippen molar-refractivity contribution in [1.29, 1.82) is 0 Å². The van der Waals surface area contributed by atoms with E-state index in [1.165, 1.54) is 0 Å². The van der Waals surface area contributed by atoms with Crippen LogP contribution in [-0.2, 0) is 9.13 Å². The predicted octanol–water partition coefficient (Wildman–Crippen LogP) is 23.0. The summed E-state index contributed by atoms with van der Waals surface area (Å²) in [5.74, 6) is 1.06. The second kappa shape index (κ2) is 19.9. The number of fused-ring (bicyclic) bond motifs is 18. The Morgan fingerprint density at radius 2 is 0.393 bits per heavy atom. The van der Waals surface area contributed by atoms with Crippen LogP contribution >= 0.6 is 15.5 Å². The van der Waals surface area contributed by atoms with Gasteiger partial charge in [0, 0.05) is 44.5 Å². The molecule has 0 radical (unpaired) electrons. The summed E-state index contributed by atoms with van der Waals surface area (Å²) in [6.07, 6.45) is 0. The molecule has 89 heavy (non-hydrogen) atoms. The van der Waals surface area contributed by atoms with Crippen LogP contribution in [0.4, 0.5) is 0 Å². The fraction of sp³-hybridized carbons (Fsp3) is 0. The Kier molecular flexibility index (Phi) is 11.5. The van der Waals surface area contributed by atoms with Crippen LogP contribution in [0, 0.1) is 0 Å². The molecule has 0 spiro atoms. The molecule has 420 valence electrons. The molecule has 1 N–H and O–H groups in total. The van der Waals surface area contributed by atoms with Gasteiger partial charge in [-0.3, -0.25) is 0 Å². The van der Waals surface area contributed by atoms with Gasteiger partial charge in [0.15, 0.2) is 0 Å². The van der Waals surface area contributed by atoms with Crippen molar-refractivity contribution in [1.82, 2.24) is 4.86 Å². The van der Waals surface area contributed by atoms with Crippen LogP contribution in [0.2, 0.25) is 0 Å². The highest BCUT2D eigenvalue weighted by Crippen LogP contribution is 2.69. The van der Waals surface area contributed by atoms with Gasteiger partial charge in [-0.2, -0.15) is 0 Å². The maximum absolute atomic E-state index is 17.8. The smallest absolute Gasteiger partial charge is 0.403 e. The molecule has 0 aromatic heterocycles. The monoisotopic (exact) mass is 1180 g/mol. The van der Waals surface area contributed by atoms with Crippen molar-refractivity contribution in [2.24, 2.45) is 0 Å². The van der Waals surface area contributed by atoms with Crippen LogP contribution < -0.4 is 23.0 Å².